The second-order valence-corrected chi connectivity index (χ2v) is 16.0. The lowest BCUT2D eigenvalue weighted by atomic mass is 10.0. The van der Waals surface area contributed by atoms with E-state index in [-0.39, 0.29) is 0 Å². The molecule has 3 heteroatoms. The number of hydrogen-bond donors (Lipinski definition) is 0. The van der Waals surface area contributed by atoms with Crippen molar-refractivity contribution in [2.45, 2.75) is 0 Å². The molecule has 2 nitrogen and oxygen atoms in total. The van der Waals surface area contributed by atoms with Crippen LogP contribution in [0.4, 0.5) is 17.1 Å². The standard InChI is InChI=1S/C54H34N2S/c1-3-10-35(11-4-1)37-18-24-41(25-19-37)55(42-26-20-38(21-27-42)36-12-5-2-6-13-36)43-28-30-46-45-29-22-40(33-52(45)57-53(46)34-43)39-23-31-51-49(32-39)48-16-9-15-47-44-14-7-8-17-50(44)56(51)54(47)48/h1-34H. The van der Waals surface area contributed by atoms with Crippen molar-refractivity contribution in [2.24, 2.45) is 0 Å². The number of hydrogen-bond acceptors (Lipinski definition) is 2. The van der Waals surface area contributed by atoms with Gasteiger partial charge in [-0.15, -0.1) is 11.3 Å². The first-order valence-corrected chi connectivity index (χ1v) is 20.3. The molecular weight excluding hydrogens is 709 g/mol. The van der Waals surface area contributed by atoms with E-state index in [0.29, 0.717) is 0 Å². The van der Waals surface area contributed by atoms with Gasteiger partial charge in [-0.25, -0.2) is 0 Å². The Morgan fingerprint density at radius 1 is 0.298 bits per heavy atom. The summed E-state index contributed by atoms with van der Waals surface area (Å²) < 4.78 is 5.02. The third-order valence-corrected chi connectivity index (χ3v) is 12.9. The summed E-state index contributed by atoms with van der Waals surface area (Å²) in [5, 5.41) is 7.82. The van der Waals surface area contributed by atoms with Crippen molar-refractivity contribution < 1.29 is 0 Å². The molecule has 0 atom stereocenters. The zero-order valence-electron chi connectivity index (χ0n) is 30.9. The zero-order valence-corrected chi connectivity index (χ0v) is 31.7. The van der Waals surface area contributed by atoms with E-state index in [4.69, 9.17) is 0 Å². The topological polar surface area (TPSA) is 7.65 Å². The van der Waals surface area contributed by atoms with Crippen molar-refractivity contribution >= 4 is 86.7 Å². The Morgan fingerprint density at radius 3 is 1.46 bits per heavy atom. The average Bonchev–Trinajstić information content (AvgIpc) is 3.94. The summed E-state index contributed by atoms with van der Waals surface area (Å²) in [6.45, 7) is 0. The highest BCUT2D eigenvalue weighted by Crippen LogP contribution is 2.44. The van der Waals surface area contributed by atoms with Gasteiger partial charge in [0.05, 0.1) is 16.6 Å². The van der Waals surface area contributed by atoms with Crippen LogP contribution in [0.1, 0.15) is 0 Å². The van der Waals surface area contributed by atoms with Gasteiger partial charge in [0.15, 0.2) is 0 Å². The van der Waals surface area contributed by atoms with Crippen LogP contribution in [-0.2, 0) is 0 Å². The van der Waals surface area contributed by atoms with E-state index in [1.807, 2.05) is 11.3 Å². The maximum atomic E-state index is 2.45. The largest absolute Gasteiger partial charge is 0.310 e. The molecule has 266 valence electrons. The average molecular weight is 743 g/mol. The summed E-state index contributed by atoms with van der Waals surface area (Å²) in [6.07, 6.45) is 0. The molecule has 9 aromatic carbocycles. The smallest absolute Gasteiger partial charge is 0.0620 e. The number of fused-ring (bicyclic) bond motifs is 9. The Bertz CT molecular complexity index is 3350. The predicted octanol–water partition coefficient (Wildman–Crippen LogP) is 15.7. The number of nitrogens with zero attached hydrogens (tertiary/aromatic N) is 2. The lowest BCUT2D eigenvalue weighted by molar-refractivity contribution is 1.29. The van der Waals surface area contributed by atoms with Crippen molar-refractivity contribution in [3.63, 3.8) is 0 Å². The molecule has 3 heterocycles. The van der Waals surface area contributed by atoms with E-state index < -0.39 is 0 Å². The van der Waals surface area contributed by atoms with Crippen molar-refractivity contribution in [2.75, 3.05) is 4.90 Å². The summed E-state index contributed by atoms with van der Waals surface area (Å²) in [5.41, 5.74) is 14.6. The first kappa shape index (κ1) is 32.1. The van der Waals surface area contributed by atoms with Crippen LogP contribution in [-0.4, -0.2) is 4.40 Å². The van der Waals surface area contributed by atoms with Gasteiger partial charge in [-0.3, -0.25) is 0 Å². The molecule has 0 fully saturated rings. The van der Waals surface area contributed by atoms with Crippen LogP contribution in [0.2, 0.25) is 0 Å². The lowest BCUT2D eigenvalue weighted by Gasteiger charge is -2.26. The SMILES string of the molecule is c1ccc(-c2ccc(N(c3ccc(-c4ccccc4)cc3)c3ccc4c(c3)sc3cc(-c5ccc6c(c5)c5cccc7c8ccccc8n6c75)ccc34)cc2)cc1. The van der Waals surface area contributed by atoms with E-state index in [1.165, 1.54) is 91.6 Å². The number of rotatable bonds is 6. The van der Waals surface area contributed by atoms with E-state index >= 15 is 0 Å². The predicted molar refractivity (Wildman–Crippen MR) is 245 cm³/mol. The third-order valence-electron chi connectivity index (χ3n) is 11.7. The van der Waals surface area contributed by atoms with Crippen LogP contribution >= 0.6 is 11.3 Å². The molecule has 0 aliphatic heterocycles. The molecule has 0 spiro atoms. The van der Waals surface area contributed by atoms with Gasteiger partial charge in [0, 0.05) is 58.8 Å². The fourth-order valence-electron chi connectivity index (χ4n) is 9.01. The molecule has 12 aromatic rings. The van der Waals surface area contributed by atoms with Crippen LogP contribution in [0.3, 0.4) is 0 Å². The molecule has 0 bridgehead atoms. The minimum absolute atomic E-state index is 1.12. The highest BCUT2D eigenvalue weighted by atomic mass is 32.1. The molecule has 0 saturated heterocycles. The quantitative estimate of drug-likeness (QED) is 0.165. The summed E-state index contributed by atoms with van der Waals surface area (Å²) in [6, 6.07) is 75.5. The molecular formula is C54H34N2S. The fourth-order valence-corrected chi connectivity index (χ4v) is 10.2. The van der Waals surface area contributed by atoms with Gasteiger partial charge in [0.25, 0.3) is 0 Å². The van der Waals surface area contributed by atoms with Crippen molar-refractivity contribution in [3.05, 3.63) is 206 Å². The molecule has 12 rings (SSSR count). The Hall–Kier alpha value is -7.20. The zero-order chi connectivity index (χ0) is 37.5. The van der Waals surface area contributed by atoms with Gasteiger partial charge in [0.2, 0.25) is 0 Å². The molecule has 0 amide bonds. The Balaban J connectivity index is 0.949. The second kappa shape index (κ2) is 12.7. The Labute approximate surface area is 334 Å². The molecule has 0 saturated carbocycles. The maximum Gasteiger partial charge on any atom is 0.0620 e. The molecule has 3 aromatic heterocycles. The molecule has 0 N–H and O–H groups in total. The van der Waals surface area contributed by atoms with Crippen molar-refractivity contribution in [1.82, 2.24) is 4.40 Å². The van der Waals surface area contributed by atoms with E-state index in [2.05, 4.69) is 216 Å². The maximum absolute atomic E-state index is 2.45. The van der Waals surface area contributed by atoms with E-state index in [0.717, 1.165) is 17.1 Å². The summed E-state index contributed by atoms with van der Waals surface area (Å²) >= 11 is 1.87. The number of para-hydroxylation sites is 2. The van der Waals surface area contributed by atoms with Gasteiger partial charge in [-0.2, -0.15) is 0 Å². The number of benzene rings is 9. The summed E-state index contributed by atoms with van der Waals surface area (Å²) in [7, 11) is 0. The van der Waals surface area contributed by atoms with Crippen LogP contribution in [0.25, 0.3) is 91.6 Å². The van der Waals surface area contributed by atoms with E-state index in [9.17, 15) is 0 Å². The minimum atomic E-state index is 1.12. The molecule has 0 aliphatic rings. The monoisotopic (exact) mass is 742 g/mol. The van der Waals surface area contributed by atoms with Crippen molar-refractivity contribution in [1.29, 1.82) is 0 Å². The van der Waals surface area contributed by atoms with Crippen LogP contribution in [0.5, 0.6) is 0 Å². The van der Waals surface area contributed by atoms with Gasteiger partial charge in [0.1, 0.15) is 0 Å². The highest BCUT2D eigenvalue weighted by Gasteiger charge is 2.19. The first-order chi connectivity index (χ1) is 28.2. The highest BCUT2D eigenvalue weighted by molar-refractivity contribution is 7.25. The van der Waals surface area contributed by atoms with Gasteiger partial charge in [-0.05, 0) is 94.0 Å². The molecule has 0 aliphatic carbocycles. The fraction of sp³-hybridized carbons (Fsp3) is 0. The molecule has 57 heavy (non-hydrogen) atoms. The number of thiophene rings is 1. The number of aromatic nitrogens is 1. The van der Waals surface area contributed by atoms with Gasteiger partial charge >= 0.3 is 0 Å². The summed E-state index contributed by atoms with van der Waals surface area (Å²) in [5.74, 6) is 0. The van der Waals surface area contributed by atoms with Crippen LogP contribution < -0.4 is 4.90 Å². The minimum Gasteiger partial charge on any atom is -0.310 e. The lowest BCUT2D eigenvalue weighted by Crippen LogP contribution is -2.09. The first-order valence-electron chi connectivity index (χ1n) is 19.5. The van der Waals surface area contributed by atoms with Crippen molar-refractivity contribution in [3.8, 4) is 33.4 Å². The number of anilines is 3. The molecule has 0 radical (unpaired) electrons. The third kappa shape index (κ3) is 5.10. The molecule has 0 unspecified atom stereocenters. The van der Waals surface area contributed by atoms with Crippen LogP contribution in [0, 0.1) is 0 Å². The second-order valence-electron chi connectivity index (χ2n) is 14.9. The summed E-state index contributed by atoms with van der Waals surface area (Å²) in [4.78, 5) is 2.38. The normalized spacial score (nSPS) is 11.9. The van der Waals surface area contributed by atoms with Gasteiger partial charge < -0.3 is 9.30 Å². The Kier molecular flexibility index (Phi) is 7.13. The van der Waals surface area contributed by atoms with Gasteiger partial charge in [-0.1, -0.05) is 146 Å². The van der Waals surface area contributed by atoms with E-state index in [1.54, 1.807) is 0 Å². The Morgan fingerprint density at radius 2 is 0.772 bits per heavy atom. The van der Waals surface area contributed by atoms with Crippen LogP contribution in [0.15, 0.2) is 206 Å².